The van der Waals surface area contributed by atoms with Crippen LogP contribution in [0.4, 0.5) is 0 Å². The minimum atomic E-state index is -3.77. The quantitative estimate of drug-likeness (QED) is 0.745. The molecular formula is C11H13NO6S. The third-order valence-corrected chi connectivity index (χ3v) is 4.32. The van der Waals surface area contributed by atoms with Crippen molar-refractivity contribution in [2.24, 2.45) is 5.92 Å². The molecule has 0 radical (unpaired) electrons. The van der Waals surface area contributed by atoms with Crippen LogP contribution in [0, 0.1) is 5.92 Å². The van der Waals surface area contributed by atoms with Crippen LogP contribution in [0.25, 0.3) is 0 Å². The van der Waals surface area contributed by atoms with Crippen molar-refractivity contribution in [3.63, 3.8) is 0 Å². The Labute approximate surface area is 109 Å². The minimum absolute atomic E-state index is 0.0240. The van der Waals surface area contributed by atoms with Gasteiger partial charge in [-0.25, -0.2) is 8.42 Å². The molecule has 0 saturated heterocycles. The zero-order valence-corrected chi connectivity index (χ0v) is 10.7. The average Bonchev–Trinajstić information content (AvgIpc) is 2.35. The number of rotatable bonds is 7. The van der Waals surface area contributed by atoms with E-state index in [-0.39, 0.29) is 17.7 Å². The van der Waals surface area contributed by atoms with E-state index >= 15 is 0 Å². The van der Waals surface area contributed by atoms with Crippen molar-refractivity contribution in [3.8, 4) is 0 Å². The zero-order chi connectivity index (χ0) is 14.5. The Morgan fingerprint density at radius 1 is 1.21 bits per heavy atom. The van der Waals surface area contributed by atoms with E-state index in [1.165, 1.54) is 24.5 Å². The number of nitrogens with zero attached hydrogens (tertiary/aromatic N) is 1. The summed E-state index contributed by atoms with van der Waals surface area (Å²) in [6.45, 7) is 0. The molecule has 0 amide bonds. The first-order chi connectivity index (χ1) is 8.83. The fraction of sp³-hybridized carbons (Fsp3) is 0.364. The number of aliphatic carboxylic acids is 2. The van der Waals surface area contributed by atoms with Crippen molar-refractivity contribution in [1.29, 1.82) is 0 Å². The Bertz CT molecular complexity index is 554. The van der Waals surface area contributed by atoms with Crippen LogP contribution in [-0.4, -0.2) is 41.3 Å². The van der Waals surface area contributed by atoms with E-state index in [1.54, 1.807) is 0 Å². The van der Waals surface area contributed by atoms with Gasteiger partial charge in [-0.3, -0.25) is 14.6 Å². The molecule has 0 aromatic carbocycles. The van der Waals surface area contributed by atoms with Crippen LogP contribution in [0.2, 0.25) is 0 Å². The second kappa shape index (κ2) is 6.28. The first-order valence-electron chi connectivity index (χ1n) is 5.40. The maximum atomic E-state index is 12.0. The number of carbonyl (C=O) groups is 2. The van der Waals surface area contributed by atoms with Crippen molar-refractivity contribution in [2.45, 2.75) is 17.7 Å². The summed E-state index contributed by atoms with van der Waals surface area (Å²) < 4.78 is 23.9. The highest BCUT2D eigenvalue weighted by Gasteiger charge is 2.27. The lowest BCUT2D eigenvalue weighted by Crippen LogP contribution is -2.24. The third-order valence-electron chi connectivity index (χ3n) is 2.49. The van der Waals surface area contributed by atoms with Gasteiger partial charge in [-0.05, 0) is 18.6 Å². The first kappa shape index (κ1) is 15.1. The number of carboxylic acid groups (broad SMARTS) is 2. The monoisotopic (exact) mass is 287 g/mol. The van der Waals surface area contributed by atoms with E-state index < -0.39 is 33.4 Å². The predicted octanol–water partition coefficient (Wildman–Crippen LogP) is 0.421. The molecule has 1 rings (SSSR count). The standard InChI is InChI=1S/C11H13NO6S/c13-10(14)2-1-8(11(15)16)7-19(17,18)9-3-5-12-6-4-9/h3-6,8H,1-2,7H2,(H,13,14)(H,15,16). The Balaban J connectivity index is 2.84. The molecule has 1 aromatic rings. The van der Waals surface area contributed by atoms with Gasteiger partial charge < -0.3 is 10.2 Å². The molecule has 2 N–H and O–H groups in total. The van der Waals surface area contributed by atoms with E-state index in [0.717, 1.165) is 0 Å². The highest BCUT2D eigenvalue weighted by Crippen LogP contribution is 2.17. The fourth-order valence-corrected chi connectivity index (χ4v) is 3.05. The predicted molar refractivity (Wildman–Crippen MR) is 64.3 cm³/mol. The number of hydrogen-bond donors (Lipinski definition) is 2. The van der Waals surface area contributed by atoms with E-state index in [1.807, 2.05) is 0 Å². The van der Waals surface area contributed by atoms with Crippen LogP contribution >= 0.6 is 0 Å². The minimum Gasteiger partial charge on any atom is -0.481 e. The molecule has 7 nitrogen and oxygen atoms in total. The van der Waals surface area contributed by atoms with Gasteiger partial charge in [-0.1, -0.05) is 0 Å². The number of carboxylic acids is 2. The Hall–Kier alpha value is -1.96. The van der Waals surface area contributed by atoms with Gasteiger partial charge in [-0.15, -0.1) is 0 Å². The molecule has 1 heterocycles. The lowest BCUT2D eigenvalue weighted by molar-refractivity contribution is -0.142. The van der Waals surface area contributed by atoms with Crippen LogP contribution in [0.15, 0.2) is 29.4 Å². The van der Waals surface area contributed by atoms with Crippen LogP contribution in [0.1, 0.15) is 12.8 Å². The van der Waals surface area contributed by atoms with Crippen LogP contribution in [0.5, 0.6) is 0 Å². The third kappa shape index (κ3) is 4.66. The van der Waals surface area contributed by atoms with Gasteiger partial charge in [0.15, 0.2) is 9.84 Å². The number of aromatic nitrogens is 1. The summed E-state index contributed by atoms with van der Waals surface area (Å²) in [6.07, 6.45) is 1.97. The van der Waals surface area contributed by atoms with E-state index in [2.05, 4.69) is 4.98 Å². The van der Waals surface area contributed by atoms with Crippen LogP contribution in [0.3, 0.4) is 0 Å². The van der Waals surface area contributed by atoms with Crippen LogP contribution < -0.4 is 0 Å². The molecule has 0 saturated carbocycles. The molecule has 19 heavy (non-hydrogen) atoms. The molecule has 1 atom stereocenters. The highest BCUT2D eigenvalue weighted by molar-refractivity contribution is 7.91. The van der Waals surface area contributed by atoms with Crippen molar-refractivity contribution in [1.82, 2.24) is 4.98 Å². The molecular weight excluding hydrogens is 274 g/mol. The lowest BCUT2D eigenvalue weighted by Gasteiger charge is -2.11. The maximum absolute atomic E-state index is 12.0. The molecule has 0 fully saturated rings. The molecule has 1 unspecified atom stereocenters. The number of pyridine rings is 1. The van der Waals surface area contributed by atoms with Crippen molar-refractivity contribution >= 4 is 21.8 Å². The number of sulfone groups is 1. The summed E-state index contributed by atoms with van der Waals surface area (Å²) in [5.41, 5.74) is 0. The summed E-state index contributed by atoms with van der Waals surface area (Å²) >= 11 is 0. The van der Waals surface area contributed by atoms with Gasteiger partial charge in [-0.2, -0.15) is 0 Å². The zero-order valence-electron chi connectivity index (χ0n) is 9.89. The number of hydrogen-bond acceptors (Lipinski definition) is 5. The first-order valence-corrected chi connectivity index (χ1v) is 7.05. The molecule has 1 aromatic heterocycles. The Morgan fingerprint density at radius 3 is 2.26 bits per heavy atom. The average molecular weight is 287 g/mol. The fourth-order valence-electron chi connectivity index (χ4n) is 1.48. The molecule has 104 valence electrons. The smallest absolute Gasteiger partial charge is 0.307 e. The molecule has 0 spiro atoms. The molecule has 0 aliphatic heterocycles. The largest absolute Gasteiger partial charge is 0.481 e. The van der Waals surface area contributed by atoms with E-state index in [9.17, 15) is 18.0 Å². The highest BCUT2D eigenvalue weighted by atomic mass is 32.2. The van der Waals surface area contributed by atoms with Gasteiger partial charge >= 0.3 is 11.9 Å². The van der Waals surface area contributed by atoms with Gasteiger partial charge in [0.05, 0.1) is 16.6 Å². The Morgan fingerprint density at radius 2 is 1.79 bits per heavy atom. The molecule has 0 aliphatic carbocycles. The molecule has 0 aliphatic rings. The van der Waals surface area contributed by atoms with E-state index in [4.69, 9.17) is 10.2 Å². The molecule has 8 heteroatoms. The summed E-state index contributed by atoms with van der Waals surface area (Å²) in [5, 5.41) is 17.4. The summed E-state index contributed by atoms with van der Waals surface area (Å²) in [7, 11) is -3.77. The Kier molecular flexibility index (Phi) is 4.99. The normalized spacial score (nSPS) is 12.8. The maximum Gasteiger partial charge on any atom is 0.307 e. The van der Waals surface area contributed by atoms with Crippen molar-refractivity contribution in [3.05, 3.63) is 24.5 Å². The second-order valence-corrected chi connectivity index (χ2v) is 5.97. The van der Waals surface area contributed by atoms with Gasteiger partial charge in [0.25, 0.3) is 0 Å². The summed E-state index contributed by atoms with van der Waals surface area (Å²) in [4.78, 5) is 25.0. The summed E-state index contributed by atoms with van der Waals surface area (Å²) in [5.74, 6) is -4.35. The molecule has 0 bridgehead atoms. The van der Waals surface area contributed by atoms with E-state index in [0.29, 0.717) is 0 Å². The van der Waals surface area contributed by atoms with Crippen LogP contribution in [-0.2, 0) is 19.4 Å². The van der Waals surface area contributed by atoms with Gasteiger partial charge in [0.1, 0.15) is 0 Å². The van der Waals surface area contributed by atoms with Crippen molar-refractivity contribution in [2.75, 3.05) is 5.75 Å². The topological polar surface area (TPSA) is 122 Å². The SMILES string of the molecule is O=C(O)CCC(CS(=O)(=O)c1ccncc1)C(=O)O. The second-order valence-electron chi connectivity index (χ2n) is 3.93. The van der Waals surface area contributed by atoms with Crippen molar-refractivity contribution < 1.29 is 28.2 Å². The van der Waals surface area contributed by atoms with Gasteiger partial charge in [0.2, 0.25) is 0 Å². The van der Waals surface area contributed by atoms with Gasteiger partial charge in [0, 0.05) is 18.8 Å². The summed E-state index contributed by atoms with van der Waals surface area (Å²) in [6, 6.07) is 2.54. The lowest BCUT2D eigenvalue weighted by atomic mass is 10.1.